The van der Waals surface area contributed by atoms with Crippen LogP contribution >= 0.6 is 0 Å². The molecule has 25 heavy (non-hydrogen) atoms. The van der Waals surface area contributed by atoms with Crippen molar-refractivity contribution in [2.75, 3.05) is 19.8 Å². The molecule has 0 bridgehead atoms. The quantitative estimate of drug-likeness (QED) is 0.307. The maximum absolute atomic E-state index is 12.2. The van der Waals surface area contributed by atoms with Crippen molar-refractivity contribution in [3.05, 3.63) is 35.9 Å². The van der Waals surface area contributed by atoms with Crippen LogP contribution in [0.5, 0.6) is 0 Å². The zero-order valence-electron chi connectivity index (χ0n) is 15.4. The van der Waals surface area contributed by atoms with Gasteiger partial charge in [-0.15, -0.1) is 0 Å². The van der Waals surface area contributed by atoms with Crippen LogP contribution in [0, 0.1) is 5.92 Å². The Bertz CT molecular complexity index is 464. The summed E-state index contributed by atoms with van der Waals surface area (Å²) in [5.41, 5.74) is 1.05. The van der Waals surface area contributed by atoms with Gasteiger partial charge in [0.1, 0.15) is 0 Å². The molecule has 0 saturated carbocycles. The summed E-state index contributed by atoms with van der Waals surface area (Å²) in [4.78, 5) is 24.4. The Labute approximate surface area is 150 Å². The normalized spacial score (nSPS) is 10.7. The predicted octanol–water partition coefficient (Wildman–Crippen LogP) is 3.90. The molecule has 0 fully saturated rings. The van der Waals surface area contributed by atoms with Crippen molar-refractivity contribution in [3.63, 3.8) is 0 Å². The minimum atomic E-state index is -0.913. The molecule has 0 saturated heterocycles. The first-order valence-corrected chi connectivity index (χ1v) is 9.14. The van der Waals surface area contributed by atoms with E-state index in [9.17, 15) is 9.59 Å². The highest BCUT2D eigenvalue weighted by atomic mass is 16.6. The summed E-state index contributed by atoms with van der Waals surface area (Å²) < 4.78 is 16.0. The van der Waals surface area contributed by atoms with Crippen molar-refractivity contribution in [2.24, 2.45) is 5.92 Å². The molecular weight excluding hydrogens is 320 g/mol. The molecule has 0 radical (unpaired) electrons. The molecule has 0 aromatic heterocycles. The van der Waals surface area contributed by atoms with Gasteiger partial charge in [-0.1, -0.05) is 57.0 Å². The fraction of sp³-hybridized carbons (Fsp3) is 0.600. The minimum Gasteiger partial charge on any atom is -0.465 e. The Morgan fingerprint density at radius 2 is 1.44 bits per heavy atom. The molecular formula is C20H30O5. The van der Waals surface area contributed by atoms with Crippen LogP contribution in [0.1, 0.15) is 51.5 Å². The van der Waals surface area contributed by atoms with Gasteiger partial charge in [0.15, 0.2) is 5.92 Å². The van der Waals surface area contributed by atoms with Crippen LogP contribution in [-0.4, -0.2) is 31.8 Å². The van der Waals surface area contributed by atoms with Gasteiger partial charge in [0.2, 0.25) is 0 Å². The van der Waals surface area contributed by atoms with E-state index in [2.05, 4.69) is 0 Å². The standard InChI is InChI=1S/C20H30O5/c1-3-5-13-24-19(21)18(20(22)25-14-6-4-2)12-15-23-16-17-10-8-7-9-11-17/h7-11,18H,3-6,12-16H2,1-2H3. The molecule has 5 heteroatoms. The van der Waals surface area contributed by atoms with Gasteiger partial charge in [-0.2, -0.15) is 0 Å². The van der Waals surface area contributed by atoms with Gasteiger partial charge in [0.25, 0.3) is 0 Å². The first-order chi connectivity index (χ1) is 12.2. The molecule has 5 nitrogen and oxygen atoms in total. The molecule has 0 atom stereocenters. The van der Waals surface area contributed by atoms with Gasteiger partial charge in [-0.25, -0.2) is 0 Å². The fourth-order valence-electron chi connectivity index (χ4n) is 2.13. The SMILES string of the molecule is CCCCOC(=O)C(CCOCc1ccccc1)C(=O)OCCCC. The molecule has 0 N–H and O–H groups in total. The summed E-state index contributed by atoms with van der Waals surface area (Å²) in [6, 6.07) is 9.76. The number of hydrogen-bond acceptors (Lipinski definition) is 5. The van der Waals surface area contributed by atoms with Gasteiger partial charge < -0.3 is 14.2 Å². The molecule has 1 aromatic carbocycles. The third kappa shape index (κ3) is 9.25. The number of unbranched alkanes of at least 4 members (excludes halogenated alkanes) is 2. The fourth-order valence-corrected chi connectivity index (χ4v) is 2.13. The number of hydrogen-bond donors (Lipinski definition) is 0. The Morgan fingerprint density at radius 1 is 0.880 bits per heavy atom. The van der Waals surface area contributed by atoms with E-state index in [1.807, 2.05) is 44.2 Å². The first-order valence-electron chi connectivity index (χ1n) is 9.14. The highest BCUT2D eigenvalue weighted by Crippen LogP contribution is 2.11. The van der Waals surface area contributed by atoms with E-state index in [1.165, 1.54) is 0 Å². The molecule has 0 aliphatic heterocycles. The molecule has 0 unspecified atom stereocenters. The number of carbonyl (C=O) groups excluding carboxylic acids is 2. The van der Waals surface area contributed by atoms with Crippen molar-refractivity contribution < 1.29 is 23.8 Å². The molecule has 0 aliphatic carbocycles. The second-order valence-electron chi connectivity index (χ2n) is 5.92. The molecule has 1 rings (SSSR count). The van der Waals surface area contributed by atoms with Crippen LogP contribution in [0.25, 0.3) is 0 Å². The largest absolute Gasteiger partial charge is 0.465 e. The lowest BCUT2D eigenvalue weighted by atomic mass is 10.1. The number of rotatable bonds is 13. The second kappa shape index (κ2) is 13.4. The molecule has 1 aromatic rings. The number of carbonyl (C=O) groups is 2. The smallest absolute Gasteiger partial charge is 0.320 e. The lowest BCUT2D eigenvalue weighted by molar-refractivity contribution is -0.163. The summed E-state index contributed by atoms with van der Waals surface area (Å²) in [6.45, 7) is 5.44. The van der Waals surface area contributed by atoms with Gasteiger partial charge in [0.05, 0.1) is 19.8 Å². The van der Waals surface area contributed by atoms with Gasteiger partial charge in [-0.3, -0.25) is 9.59 Å². The van der Waals surface area contributed by atoms with Crippen molar-refractivity contribution >= 4 is 11.9 Å². The number of esters is 2. The molecule has 0 heterocycles. The summed E-state index contributed by atoms with van der Waals surface area (Å²) in [5.74, 6) is -1.94. The average Bonchev–Trinajstić information content (AvgIpc) is 2.62. The van der Waals surface area contributed by atoms with E-state index < -0.39 is 17.9 Å². The highest BCUT2D eigenvalue weighted by molar-refractivity contribution is 5.94. The zero-order valence-corrected chi connectivity index (χ0v) is 15.4. The minimum absolute atomic E-state index is 0.267. The maximum Gasteiger partial charge on any atom is 0.320 e. The van der Waals surface area contributed by atoms with E-state index in [4.69, 9.17) is 14.2 Å². The van der Waals surface area contributed by atoms with Crippen LogP contribution in [0.4, 0.5) is 0 Å². The van der Waals surface area contributed by atoms with Crippen LogP contribution in [0.15, 0.2) is 30.3 Å². The van der Waals surface area contributed by atoms with Gasteiger partial charge in [-0.05, 0) is 24.8 Å². The number of benzene rings is 1. The summed E-state index contributed by atoms with van der Waals surface area (Å²) >= 11 is 0. The Hall–Kier alpha value is -1.88. The average molecular weight is 350 g/mol. The molecule has 0 spiro atoms. The van der Waals surface area contributed by atoms with E-state index in [-0.39, 0.29) is 6.42 Å². The first kappa shape index (κ1) is 21.2. The Morgan fingerprint density at radius 3 is 1.96 bits per heavy atom. The summed E-state index contributed by atoms with van der Waals surface area (Å²) in [6.07, 6.45) is 3.70. The van der Waals surface area contributed by atoms with Crippen molar-refractivity contribution in [2.45, 2.75) is 52.6 Å². The van der Waals surface area contributed by atoms with Crippen LogP contribution in [-0.2, 0) is 30.4 Å². The lowest BCUT2D eigenvalue weighted by Crippen LogP contribution is -2.29. The molecule has 0 aliphatic rings. The maximum atomic E-state index is 12.2. The van der Waals surface area contributed by atoms with Crippen molar-refractivity contribution in [1.29, 1.82) is 0 Å². The van der Waals surface area contributed by atoms with E-state index in [0.717, 1.165) is 31.2 Å². The molecule has 0 amide bonds. The topological polar surface area (TPSA) is 61.8 Å². The monoisotopic (exact) mass is 350 g/mol. The lowest BCUT2D eigenvalue weighted by Gasteiger charge is -2.15. The highest BCUT2D eigenvalue weighted by Gasteiger charge is 2.29. The zero-order chi connectivity index (χ0) is 18.3. The van der Waals surface area contributed by atoms with Crippen LogP contribution in [0.2, 0.25) is 0 Å². The van der Waals surface area contributed by atoms with E-state index in [0.29, 0.717) is 26.4 Å². The second-order valence-corrected chi connectivity index (χ2v) is 5.92. The van der Waals surface area contributed by atoms with Crippen molar-refractivity contribution in [3.8, 4) is 0 Å². The third-order valence-corrected chi connectivity index (χ3v) is 3.72. The van der Waals surface area contributed by atoms with Gasteiger partial charge >= 0.3 is 11.9 Å². The number of ether oxygens (including phenoxy) is 3. The Kier molecular flexibility index (Phi) is 11.4. The van der Waals surface area contributed by atoms with Crippen LogP contribution in [0.3, 0.4) is 0 Å². The summed E-state index contributed by atoms with van der Waals surface area (Å²) in [7, 11) is 0. The van der Waals surface area contributed by atoms with Crippen LogP contribution < -0.4 is 0 Å². The summed E-state index contributed by atoms with van der Waals surface area (Å²) in [5, 5.41) is 0. The van der Waals surface area contributed by atoms with Crippen molar-refractivity contribution in [1.82, 2.24) is 0 Å². The van der Waals surface area contributed by atoms with E-state index in [1.54, 1.807) is 0 Å². The molecule has 140 valence electrons. The van der Waals surface area contributed by atoms with E-state index >= 15 is 0 Å². The Balaban J connectivity index is 2.45. The van der Waals surface area contributed by atoms with Gasteiger partial charge in [0, 0.05) is 6.61 Å². The predicted molar refractivity (Wildman–Crippen MR) is 95.9 cm³/mol. The third-order valence-electron chi connectivity index (χ3n) is 3.72.